The third-order valence-corrected chi connectivity index (χ3v) is 5.59. The number of morpholine rings is 1. The van der Waals surface area contributed by atoms with Gasteiger partial charge in [-0.3, -0.25) is 4.90 Å². The molecule has 0 N–H and O–H groups in total. The van der Waals surface area contributed by atoms with Crippen LogP contribution in [0.4, 0.5) is 0 Å². The SMILES string of the molecule is CCc1nccc(CN2CCOC(CC(c3ccccc3)c3ccccc3)C2)n1. The fourth-order valence-electron chi connectivity index (χ4n) is 4.09. The van der Waals surface area contributed by atoms with Gasteiger partial charge in [-0.1, -0.05) is 67.6 Å². The van der Waals surface area contributed by atoms with E-state index in [0.29, 0.717) is 5.92 Å². The summed E-state index contributed by atoms with van der Waals surface area (Å²) in [6.07, 6.45) is 3.94. The number of ether oxygens (including phenoxy) is 1. The minimum absolute atomic E-state index is 0.210. The second-order valence-corrected chi connectivity index (χ2v) is 7.66. The number of benzene rings is 2. The molecule has 1 aliphatic rings. The molecule has 0 bridgehead atoms. The second-order valence-electron chi connectivity index (χ2n) is 7.66. The Bertz CT molecular complexity index is 845. The molecule has 1 fully saturated rings. The highest BCUT2D eigenvalue weighted by atomic mass is 16.5. The van der Waals surface area contributed by atoms with Crippen molar-refractivity contribution >= 4 is 0 Å². The van der Waals surface area contributed by atoms with Crippen LogP contribution in [0, 0.1) is 0 Å². The van der Waals surface area contributed by atoms with Crippen molar-refractivity contribution in [2.24, 2.45) is 0 Å². The summed E-state index contributed by atoms with van der Waals surface area (Å²) in [5.41, 5.74) is 3.80. The molecule has 2 aromatic carbocycles. The highest BCUT2D eigenvalue weighted by Crippen LogP contribution is 2.31. The molecule has 1 saturated heterocycles. The largest absolute Gasteiger partial charge is 0.376 e. The predicted molar refractivity (Wildman–Crippen MR) is 116 cm³/mol. The summed E-state index contributed by atoms with van der Waals surface area (Å²) in [6, 6.07) is 23.6. The van der Waals surface area contributed by atoms with Gasteiger partial charge in [0.25, 0.3) is 0 Å². The molecule has 0 amide bonds. The van der Waals surface area contributed by atoms with Gasteiger partial charge in [-0.15, -0.1) is 0 Å². The minimum atomic E-state index is 0.210. The van der Waals surface area contributed by atoms with Crippen LogP contribution in [0.15, 0.2) is 72.9 Å². The number of rotatable bonds is 7. The molecule has 0 spiro atoms. The Morgan fingerprint density at radius 3 is 2.34 bits per heavy atom. The Balaban J connectivity index is 1.46. The van der Waals surface area contributed by atoms with Crippen molar-refractivity contribution in [3.63, 3.8) is 0 Å². The van der Waals surface area contributed by atoms with E-state index in [-0.39, 0.29) is 6.10 Å². The molecular formula is C25H29N3O. The predicted octanol–water partition coefficient (Wildman–Crippen LogP) is 4.46. The molecular weight excluding hydrogens is 358 g/mol. The van der Waals surface area contributed by atoms with Crippen molar-refractivity contribution in [3.05, 3.63) is 95.6 Å². The van der Waals surface area contributed by atoms with Crippen LogP contribution >= 0.6 is 0 Å². The van der Waals surface area contributed by atoms with E-state index in [1.54, 1.807) is 0 Å². The van der Waals surface area contributed by atoms with Crippen molar-refractivity contribution in [3.8, 4) is 0 Å². The number of hydrogen-bond acceptors (Lipinski definition) is 4. The molecule has 1 atom stereocenters. The molecule has 29 heavy (non-hydrogen) atoms. The lowest BCUT2D eigenvalue weighted by Crippen LogP contribution is -2.42. The maximum Gasteiger partial charge on any atom is 0.128 e. The highest BCUT2D eigenvalue weighted by Gasteiger charge is 2.25. The van der Waals surface area contributed by atoms with E-state index in [4.69, 9.17) is 4.74 Å². The van der Waals surface area contributed by atoms with Gasteiger partial charge in [0.1, 0.15) is 5.82 Å². The van der Waals surface area contributed by atoms with Gasteiger partial charge in [0.2, 0.25) is 0 Å². The summed E-state index contributed by atoms with van der Waals surface area (Å²) >= 11 is 0. The maximum atomic E-state index is 6.19. The molecule has 3 aromatic rings. The topological polar surface area (TPSA) is 38.2 Å². The lowest BCUT2D eigenvalue weighted by Gasteiger charge is -2.34. The molecule has 0 saturated carbocycles. The Hall–Kier alpha value is -2.56. The van der Waals surface area contributed by atoms with Crippen LogP contribution in [0.1, 0.15) is 41.9 Å². The first-order valence-electron chi connectivity index (χ1n) is 10.6. The van der Waals surface area contributed by atoms with Crippen LogP contribution in [0.3, 0.4) is 0 Å². The zero-order valence-corrected chi connectivity index (χ0v) is 17.1. The normalized spacial score (nSPS) is 17.5. The van der Waals surface area contributed by atoms with Crippen molar-refractivity contribution < 1.29 is 4.74 Å². The van der Waals surface area contributed by atoms with Gasteiger partial charge in [-0.2, -0.15) is 0 Å². The molecule has 1 unspecified atom stereocenters. The molecule has 150 valence electrons. The van der Waals surface area contributed by atoms with Gasteiger partial charge in [0, 0.05) is 38.2 Å². The third kappa shape index (κ3) is 5.28. The van der Waals surface area contributed by atoms with Gasteiger partial charge < -0.3 is 4.74 Å². The van der Waals surface area contributed by atoms with E-state index in [9.17, 15) is 0 Å². The monoisotopic (exact) mass is 387 g/mol. The molecule has 0 radical (unpaired) electrons. The van der Waals surface area contributed by atoms with E-state index in [1.807, 2.05) is 12.3 Å². The lowest BCUT2D eigenvalue weighted by molar-refractivity contribution is -0.0368. The first kappa shape index (κ1) is 19.7. The van der Waals surface area contributed by atoms with Crippen LogP contribution in [-0.2, 0) is 17.7 Å². The van der Waals surface area contributed by atoms with Crippen molar-refractivity contribution in [2.75, 3.05) is 19.7 Å². The van der Waals surface area contributed by atoms with Gasteiger partial charge >= 0.3 is 0 Å². The number of hydrogen-bond donors (Lipinski definition) is 0. The molecule has 0 aliphatic carbocycles. The Kier molecular flexibility index (Phi) is 6.65. The number of nitrogens with zero attached hydrogens (tertiary/aromatic N) is 3. The van der Waals surface area contributed by atoms with E-state index >= 15 is 0 Å². The average molecular weight is 388 g/mol. The van der Waals surface area contributed by atoms with Gasteiger partial charge in [-0.25, -0.2) is 9.97 Å². The molecule has 4 rings (SSSR count). The van der Waals surface area contributed by atoms with Gasteiger partial charge in [0.05, 0.1) is 18.4 Å². The van der Waals surface area contributed by atoms with Crippen LogP contribution < -0.4 is 0 Å². The Morgan fingerprint density at radius 1 is 1.00 bits per heavy atom. The van der Waals surface area contributed by atoms with Crippen LogP contribution in [-0.4, -0.2) is 40.7 Å². The standard InChI is InChI=1S/C25H29N3O/c1-2-25-26-14-13-22(27-25)18-28-15-16-29-23(19-28)17-24(20-9-5-3-6-10-20)21-11-7-4-8-12-21/h3-14,23-24H,2,15-19H2,1H3. The number of aryl methyl sites for hydroxylation is 1. The average Bonchev–Trinajstić information content (AvgIpc) is 2.79. The minimum Gasteiger partial charge on any atom is -0.376 e. The highest BCUT2D eigenvalue weighted by molar-refractivity contribution is 5.32. The zero-order valence-electron chi connectivity index (χ0n) is 17.1. The smallest absolute Gasteiger partial charge is 0.128 e. The first-order valence-corrected chi connectivity index (χ1v) is 10.6. The summed E-state index contributed by atoms with van der Waals surface area (Å²) in [4.78, 5) is 11.5. The van der Waals surface area contributed by atoms with E-state index in [0.717, 1.165) is 50.6 Å². The molecule has 4 nitrogen and oxygen atoms in total. The van der Waals surface area contributed by atoms with Crippen LogP contribution in [0.25, 0.3) is 0 Å². The summed E-state index contributed by atoms with van der Waals surface area (Å²) in [7, 11) is 0. The maximum absolute atomic E-state index is 6.19. The van der Waals surface area contributed by atoms with E-state index < -0.39 is 0 Å². The van der Waals surface area contributed by atoms with E-state index in [2.05, 4.69) is 82.5 Å². The number of aromatic nitrogens is 2. The van der Waals surface area contributed by atoms with Crippen molar-refractivity contribution in [1.82, 2.24) is 14.9 Å². The molecule has 2 heterocycles. The first-order chi connectivity index (χ1) is 14.3. The summed E-state index contributed by atoms with van der Waals surface area (Å²) in [5.74, 6) is 1.26. The summed E-state index contributed by atoms with van der Waals surface area (Å²) in [5, 5.41) is 0. The quantitative estimate of drug-likeness (QED) is 0.600. The van der Waals surface area contributed by atoms with Crippen molar-refractivity contribution in [2.45, 2.75) is 38.3 Å². The van der Waals surface area contributed by atoms with Crippen LogP contribution in [0.2, 0.25) is 0 Å². The summed E-state index contributed by atoms with van der Waals surface area (Å²) in [6.45, 7) is 5.60. The molecule has 1 aromatic heterocycles. The molecule has 4 heteroatoms. The summed E-state index contributed by atoms with van der Waals surface area (Å²) < 4.78 is 6.19. The molecule has 1 aliphatic heterocycles. The van der Waals surface area contributed by atoms with Crippen LogP contribution in [0.5, 0.6) is 0 Å². The van der Waals surface area contributed by atoms with E-state index in [1.165, 1.54) is 11.1 Å². The van der Waals surface area contributed by atoms with Gasteiger partial charge in [0.15, 0.2) is 0 Å². The fourth-order valence-corrected chi connectivity index (χ4v) is 4.09. The zero-order chi connectivity index (χ0) is 19.9. The Morgan fingerprint density at radius 2 is 1.69 bits per heavy atom. The fraction of sp³-hybridized carbons (Fsp3) is 0.360. The van der Waals surface area contributed by atoms with Gasteiger partial charge in [-0.05, 0) is 23.6 Å². The lowest BCUT2D eigenvalue weighted by atomic mass is 9.86. The third-order valence-electron chi connectivity index (χ3n) is 5.59. The Labute approximate surface area is 173 Å². The van der Waals surface area contributed by atoms with Crippen molar-refractivity contribution in [1.29, 1.82) is 0 Å². The second kappa shape index (κ2) is 9.77.